The molecule has 2 rings (SSSR count). The number of likely N-dealkylation sites (tertiary alicyclic amines) is 1. The van der Waals surface area contributed by atoms with Crippen LogP contribution < -0.4 is 4.72 Å². The van der Waals surface area contributed by atoms with Crippen LogP contribution in [0.2, 0.25) is 0 Å². The van der Waals surface area contributed by atoms with Crippen molar-refractivity contribution in [3.05, 3.63) is 11.7 Å². The van der Waals surface area contributed by atoms with E-state index in [1.165, 1.54) is 0 Å². The first-order chi connectivity index (χ1) is 11.4. The van der Waals surface area contributed by atoms with E-state index in [0.717, 1.165) is 32.1 Å². The fourth-order valence-electron chi connectivity index (χ4n) is 2.93. The maximum absolute atomic E-state index is 12.5. The molecule has 1 amide bonds. The Morgan fingerprint density at radius 3 is 2.88 bits per heavy atom. The number of carbonyl (C=O) groups excluding carboxylic acids is 1. The molecule has 1 aliphatic rings. The van der Waals surface area contributed by atoms with Gasteiger partial charge in [-0.25, -0.2) is 13.1 Å². The quantitative estimate of drug-likeness (QED) is 0.740. The molecule has 1 saturated heterocycles. The molecule has 0 saturated carbocycles. The van der Waals surface area contributed by atoms with Crippen LogP contribution in [0.15, 0.2) is 4.52 Å². The minimum absolute atomic E-state index is 0.0651. The van der Waals surface area contributed by atoms with Gasteiger partial charge in [-0.05, 0) is 25.7 Å². The van der Waals surface area contributed by atoms with Crippen molar-refractivity contribution in [1.82, 2.24) is 19.8 Å². The Morgan fingerprint density at radius 2 is 2.21 bits per heavy atom. The minimum Gasteiger partial charge on any atom is -0.340 e. The monoisotopic (exact) mass is 358 g/mol. The van der Waals surface area contributed by atoms with Gasteiger partial charge in [0.2, 0.25) is 21.8 Å². The zero-order valence-corrected chi connectivity index (χ0v) is 15.1. The van der Waals surface area contributed by atoms with Crippen molar-refractivity contribution in [1.29, 1.82) is 0 Å². The van der Waals surface area contributed by atoms with Gasteiger partial charge in [-0.15, -0.1) is 0 Å². The molecule has 0 aromatic carbocycles. The molecule has 1 aromatic heterocycles. The molecule has 1 aliphatic heterocycles. The molecule has 2 heterocycles. The van der Waals surface area contributed by atoms with Crippen molar-refractivity contribution in [3.8, 4) is 0 Å². The fourth-order valence-corrected chi connectivity index (χ4v) is 3.42. The second-order valence-corrected chi connectivity index (χ2v) is 7.98. The summed E-state index contributed by atoms with van der Waals surface area (Å²) in [6, 6.07) is 0.0920. The summed E-state index contributed by atoms with van der Waals surface area (Å²) in [5, 5.41) is 3.83. The van der Waals surface area contributed by atoms with Crippen molar-refractivity contribution in [2.45, 2.75) is 57.9 Å². The highest BCUT2D eigenvalue weighted by atomic mass is 32.2. The molecule has 1 fully saturated rings. The summed E-state index contributed by atoms with van der Waals surface area (Å²) >= 11 is 0. The number of amides is 1. The maximum Gasteiger partial charge on any atom is 0.227 e. The van der Waals surface area contributed by atoms with E-state index < -0.39 is 10.0 Å². The first kappa shape index (κ1) is 18.9. The molecule has 9 heteroatoms. The van der Waals surface area contributed by atoms with Crippen molar-refractivity contribution < 1.29 is 17.7 Å². The molecule has 1 aromatic rings. The van der Waals surface area contributed by atoms with E-state index in [1.807, 2.05) is 11.8 Å². The van der Waals surface area contributed by atoms with Gasteiger partial charge >= 0.3 is 0 Å². The number of hydrogen-bond acceptors (Lipinski definition) is 6. The normalized spacial score (nSPS) is 18.8. The van der Waals surface area contributed by atoms with Crippen LogP contribution in [0.1, 0.15) is 50.7 Å². The highest BCUT2D eigenvalue weighted by molar-refractivity contribution is 7.88. The molecule has 0 spiro atoms. The molecular formula is C15H26N4O4S. The van der Waals surface area contributed by atoms with Gasteiger partial charge in [-0.2, -0.15) is 4.98 Å². The first-order valence-electron chi connectivity index (χ1n) is 8.44. The number of sulfonamides is 1. The Balaban J connectivity index is 1.85. The van der Waals surface area contributed by atoms with Gasteiger partial charge in [0.15, 0.2) is 5.82 Å². The molecule has 0 bridgehead atoms. The fraction of sp³-hybridized carbons (Fsp3) is 0.800. The van der Waals surface area contributed by atoms with Crippen LogP contribution in [-0.4, -0.2) is 54.8 Å². The van der Waals surface area contributed by atoms with E-state index >= 15 is 0 Å². The van der Waals surface area contributed by atoms with Crippen LogP contribution in [0.4, 0.5) is 0 Å². The van der Waals surface area contributed by atoms with Crippen molar-refractivity contribution in [3.63, 3.8) is 0 Å². The number of aromatic nitrogens is 2. The third kappa shape index (κ3) is 5.86. The molecule has 1 N–H and O–H groups in total. The Kier molecular flexibility index (Phi) is 6.73. The highest BCUT2D eigenvalue weighted by Crippen LogP contribution is 2.21. The van der Waals surface area contributed by atoms with Gasteiger partial charge in [0, 0.05) is 38.4 Å². The van der Waals surface area contributed by atoms with Gasteiger partial charge in [-0.1, -0.05) is 12.1 Å². The summed E-state index contributed by atoms with van der Waals surface area (Å²) in [5.74, 6) is 1.21. The van der Waals surface area contributed by atoms with Gasteiger partial charge < -0.3 is 9.42 Å². The van der Waals surface area contributed by atoms with Gasteiger partial charge in [0.05, 0.1) is 6.26 Å². The molecule has 24 heavy (non-hydrogen) atoms. The molecular weight excluding hydrogens is 332 g/mol. The van der Waals surface area contributed by atoms with Crippen LogP contribution >= 0.6 is 0 Å². The highest BCUT2D eigenvalue weighted by Gasteiger charge is 2.26. The molecule has 136 valence electrons. The smallest absolute Gasteiger partial charge is 0.227 e. The van der Waals surface area contributed by atoms with Crippen LogP contribution in [0, 0.1) is 0 Å². The van der Waals surface area contributed by atoms with Crippen molar-refractivity contribution in [2.24, 2.45) is 0 Å². The lowest BCUT2D eigenvalue weighted by Gasteiger charge is -2.36. The standard InChI is InChI=1S/C15H26N4O4S/c1-3-13-17-14(23-18-13)7-8-15(20)19-11-5-4-6-12(19)9-10-16-24(2,21)22/h12,16H,3-11H2,1-2H3/t12-/m1/s1. The van der Waals surface area contributed by atoms with Crippen LogP contribution in [-0.2, 0) is 27.7 Å². The molecule has 0 radical (unpaired) electrons. The Bertz CT molecular complexity index is 644. The number of rotatable bonds is 8. The average Bonchev–Trinajstić information content (AvgIpc) is 3.00. The number of aryl methyl sites for hydroxylation is 2. The predicted octanol–water partition coefficient (Wildman–Crippen LogP) is 0.885. The first-order valence-corrected chi connectivity index (χ1v) is 10.3. The largest absolute Gasteiger partial charge is 0.340 e. The number of nitrogens with one attached hydrogen (secondary N) is 1. The lowest BCUT2D eigenvalue weighted by Crippen LogP contribution is -2.45. The van der Waals surface area contributed by atoms with Crippen molar-refractivity contribution in [2.75, 3.05) is 19.3 Å². The summed E-state index contributed by atoms with van der Waals surface area (Å²) in [6.07, 6.45) is 6.24. The lowest BCUT2D eigenvalue weighted by molar-refractivity contribution is -0.135. The van der Waals surface area contributed by atoms with Crippen LogP contribution in [0.3, 0.4) is 0 Å². The van der Waals surface area contributed by atoms with E-state index in [1.54, 1.807) is 0 Å². The van der Waals surface area contributed by atoms with Crippen molar-refractivity contribution >= 4 is 15.9 Å². The van der Waals surface area contributed by atoms with Crippen LogP contribution in [0.5, 0.6) is 0 Å². The predicted molar refractivity (Wildman–Crippen MR) is 88.8 cm³/mol. The Labute approximate surface area is 143 Å². The maximum atomic E-state index is 12.5. The lowest BCUT2D eigenvalue weighted by atomic mass is 9.98. The summed E-state index contributed by atoms with van der Waals surface area (Å²) in [7, 11) is -3.19. The number of piperidine rings is 1. The third-order valence-electron chi connectivity index (χ3n) is 4.17. The third-order valence-corrected chi connectivity index (χ3v) is 4.90. The summed E-state index contributed by atoms with van der Waals surface area (Å²) in [4.78, 5) is 18.6. The average molecular weight is 358 g/mol. The van der Waals surface area contributed by atoms with E-state index in [0.29, 0.717) is 43.9 Å². The molecule has 1 atom stereocenters. The van der Waals surface area contributed by atoms with Gasteiger partial charge in [0.1, 0.15) is 0 Å². The number of hydrogen-bond donors (Lipinski definition) is 1. The Hall–Kier alpha value is -1.48. The molecule has 8 nitrogen and oxygen atoms in total. The van der Waals surface area contributed by atoms with E-state index in [2.05, 4.69) is 14.9 Å². The van der Waals surface area contributed by atoms with Crippen LogP contribution in [0.25, 0.3) is 0 Å². The number of carbonyl (C=O) groups is 1. The van der Waals surface area contributed by atoms with E-state index in [9.17, 15) is 13.2 Å². The molecule has 0 unspecified atom stereocenters. The summed E-state index contributed by atoms with van der Waals surface area (Å²) in [6.45, 7) is 3.03. The minimum atomic E-state index is -3.19. The van der Waals surface area contributed by atoms with E-state index in [-0.39, 0.29) is 11.9 Å². The topological polar surface area (TPSA) is 105 Å². The second kappa shape index (κ2) is 8.57. The zero-order valence-electron chi connectivity index (χ0n) is 14.3. The summed E-state index contributed by atoms with van der Waals surface area (Å²) in [5.41, 5.74) is 0. The van der Waals surface area contributed by atoms with E-state index in [4.69, 9.17) is 4.52 Å². The summed E-state index contributed by atoms with van der Waals surface area (Å²) < 4.78 is 29.9. The number of nitrogens with zero attached hydrogens (tertiary/aromatic N) is 3. The second-order valence-electron chi connectivity index (χ2n) is 6.15. The zero-order chi connectivity index (χ0) is 17.6. The SMILES string of the molecule is CCc1noc(CCC(=O)N2CCCC[C@@H]2CCNS(C)(=O)=O)n1. The Morgan fingerprint density at radius 1 is 1.42 bits per heavy atom. The molecule has 0 aliphatic carbocycles. The van der Waals surface area contributed by atoms with Gasteiger partial charge in [0.25, 0.3) is 0 Å². The van der Waals surface area contributed by atoms with Gasteiger partial charge in [-0.3, -0.25) is 4.79 Å².